The second kappa shape index (κ2) is 4.55. The maximum Gasteiger partial charge on any atom is 0.323 e. The Kier molecular flexibility index (Phi) is 3.10. The van der Waals surface area contributed by atoms with Gasteiger partial charge < -0.3 is 15.7 Å². The molecule has 2 rings (SSSR count). The van der Waals surface area contributed by atoms with E-state index < -0.39 is 0 Å². The van der Waals surface area contributed by atoms with Gasteiger partial charge in [-0.15, -0.1) is 0 Å². The molecule has 0 fully saturated rings. The fraction of sp³-hybridized carbons (Fsp3) is 0.333. The summed E-state index contributed by atoms with van der Waals surface area (Å²) in [7, 11) is 0. The largest absolute Gasteiger partial charge is 0.330 e. The van der Waals surface area contributed by atoms with Crippen LogP contribution in [0, 0.1) is 5.92 Å². The minimum absolute atomic E-state index is 0.0550. The summed E-state index contributed by atoms with van der Waals surface area (Å²) in [6.07, 6.45) is 0.667. The molecule has 5 nitrogen and oxygen atoms in total. The van der Waals surface area contributed by atoms with Crippen LogP contribution in [0.1, 0.15) is 23.7 Å². The van der Waals surface area contributed by atoms with Gasteiger partial charge in [0, 0.05) is 11.5 Å². The van der Waals surface area contributed by atoms with Gasteiger partial charge in [-0.05, 0) is 31.2 Å². The van der Waals surface area contributed by atoms with Gasteiger partial charge in [0.05, 0.1) is 11.0 Å². The van der Waals surface area contributed by atoms with Crippen molar-refractivity contribution >= 4 is 16.8 Å². The van der Waals surface area contributed by atoms with Crippen molar-refractivity contribution in [1.82, 2.24) is 9.97 Å². The molecule has 4 N–H and O–H groups in total. The molecule has 1 atom stereocenters. The van der Waals surface area contributed by atoms with Gasteiger partial charge in [-0.3, -0.25) is 4.79 Å². The van der Waals surface area contributed by atoms with Crippen molar-refractivity contribution < 1.29 is 4.79 Å². The number of ketones is 1. The first kappa shape index (κ1) is 11.6. The number of H-pyrrole nitrogens is 2. The van der Waals surface area contributed by atoms with E-state index in [1.807, 2.05) is 6.92 Å². The lowest BCUT2D eigenvalue weighted by Crippen LogP contribution is -2.15. The van der Waals surface area contributed by atoms with Crippen molar-refractivity contribution in [3.8, 4) is 0 Å². The summed E-state index contributed by atoms with van der Waals surface area (Å²) < 4.78 is 0. The number of carbonyl (C=O) groups excluding carboxylic acids is 1. The van der Waals surface area contributed by atoms with Gasteiger partial charge in [0.15, 0.2) is 5.78 Å². The second-order valence-corrected chi connectivity index (χ2v) is 4.18. The fourth-order valence-corrected chi connectivity index (χ4v) is 1.85. The van der Waals surface area contributed by atoms with E-state index in [4.69, 9.17) is 5.73 Å². The molecule has 0 bridgehead atoms. The van der Waals surface area contributed by atoms with Crippen molar-refractivity contribution in [2.24, 2.45) is 11.7 Å². The number of nitrogens with two attached hydrogens (primary N) is 1. The lowest BCUT2D eigenvalue weighted by Gasteiger charge is -2.08. The number of hydrogen-bond donors (Lipinski definition) is 3. The molecule has 0 aliphatic heterocycles. The van der Waals surface area contributed by atoms with E-state index in [0.29, 0.717) is 29.6 Å². The van der Waals surface area contributed by atoms with E-state index in [9.17, 15) is 9.59 Å². The van der Waals surface area contributed by atoms with Crippen LogP contribution in [0.15, 0.2) is 23.0 Å². The third-order valence-corrected chi connectivity index (χ3v) is 2.85. The Bertz CT molecular complexity index is 597. The summed E-state index contributed by atoms with van der Waals surface area (Å²) in [6, 6.07) is 5.15. The molecule has 1 aromatic carbocycles. The average Bonchev–Trinajstić information content (AvgIpc) is 2.67. The highest BCUT2D eigenvalue weighted by atomic mass is 16.1. The Morgan fingerprint density at radius 1 is 1.35 bits per heavy atom. The first-order chi connectivity index (χ1) is 8.11. The van der Waals surface area contributed by atoms with Gasteiger partial charge in [0.1, 0.15) is 0 Å². The van der Waals surface area contributed by atoms with Gasteiger partial charge in [-0.25, -0.2) is 4.79 Å². The molecule has 0 aliphatic carbocycles. The highest BCUT2D eigenvalue weighted by Gasteiger charge is 2.15. The molecule has 0 saturated carbocycles. The third kappa shape index (κ3) is 2.29. The van der Waals surface area contributed by atoms with Crippen LogP contribution >= 0.6 is 0 Å². The molecule has 0 radical (unpaired) electrons. The Morgan fingerprint density at radius 3 is 2.76 bits per heavy atom. The van der Waals surface area contributed by atoms with Gasteiger partial charge in [0.2, 0.25) is 0 Å². The normalized spacial score (nSPS) is 12.8. The molecule has 5 heteroatoms. The van der Waals surface area contributed by atoms with E-state index >= 15 is 0 Å². The smallest absolute Gasteiger partial charge is 0.323 e. The molecule has 17 heavy (non-hydrogen) atoms. The zero-order valence-corrected chi connectivity index (χ0v) is 9.62. The fourth-order valence-electron chi connectivity index (χ4n) is 1.85. The monoisotopic (exact) mass is 233 g/mol. The van der Waals surface area contributed by atoms with Crippen molar-refractivity contribution in [2.45, 2.75) is 13.3 Å². The van der Waals surface area contributed by atoms with E-state index in [1.165, 1.54) is 0 Å². The molecule has 0 amide bonds. The first-order valence-electron chi connectivity index (χ1n) is 5.58. The summed E-state index contributed by atoms with van der Waals surface area (Å²) in [5.74, 6) is -0.0393. The van der Waals surface area contributed by atoms with Crippen LogP contribution in [-0.2, 0) is 0 Å². The Morgan fingerprint density at radius 2 is 2.06 bits per heavy atom. The van der Waals surface area contributed by atoms with E-state index in [1.54, 1.807) is 18.2 Å². The quantitative estimate of drug-likeness (QED) is 0.688. The first-order valence-corrected chi connectivity index (χ1v) is 5.58. The SMILES string of the molecule is CC(CCN)C(=O)c1ccc2[nH]c(=O)[nH]c2c1. The molecule has 0 saturated heterocycles. The Balaban J connectivity index is 2.35. The number of imidazole rings is 1. The number of benzene rings is 1. The molecule has 0 spiro atoms. The number of Topliss-reactive ketones (excluding diaryl/α,β-unsaturated/α-hetero) is 1. The van der Waals surface area contributed by atoms with Gasteiger partial charge in [-0.2, -0.15) is 0 Å². The Hall–Kier alpha value is -1.88. The van der Waals surface area contributed by atoms with Crippen LogP contribution < -0.4 is 11.4 Å². The predicted octanol–water partition coefficient (Wildman–Crippen LogP) is 1.02. The summed E-state index contributed by atoms with van der Waals surface area (Å²) in [5.41, 5.74) is 7.14. The van der Waals surface area contributed by atoms with E-state index in [-0.39, 0.29) is 17.4 Å². The van der Waals surface area contributed by atoms with Crippen molar-refractivity contribution in [3.63, 3.8) is 0 Å². The number of rotatable bonds is 4. The minimum Gasteiger partial charge on any atom is -0.330 e. The lowest BCUT2D eigenvalue weighted by molar-refractivity contribution is 0.0925. The molecule has 1 aromatic heterocycles. The zero-order chi connectivity index (χ0) is 12.4. The minimum atomic E-state index is -0.264. The van der Waals surface area contributed by atoms with Gasteiger partial charge in [0.25, 0.3) is 0 Å². The second-order valence-electron chi connectivity index (χ2n) is 4.18. The average molecular weight is 233 g/mol. The number of aromatic nitrogens is 2. The molecule has 1 unspecified atom stereocenters. The predicted molar refractivity (Wildman–Crippen MR) is 66.1 cm³/mol. The highest BCUT2D eigenvalue weighted by molar-refractivity contribution is 6.00. The lowest BCUT2D eigenvalue weighted by atomic mass is 9.96. The number of aromatic amines is 2. The van der Waals surface area contributed by atoms with E-state index in [0.717, 1.165) is 0 Å². The molecule has 2 aromatic rings. The summed E-state index contributed by atoms with van der Waals surface area (Å²) in [4.78, 5) is 28.4. The van der Waals surface area contributed by atoms with Gasteiger partial charge >= 0.3 is 5.69 Å². The molecular formula is C12H15N3O2. The van der Waals surface area contributed by atoms with Crippen LogP contribution in [-0.4, -0.2) is 22.3 Å². The zero-order valence-electron chi connectivity index (χ0n) is 9.62. The highest BCUT2D eigenvalue weighted by Crippen LogP contribution is 2.15. The number of nitrogens with one attached hydrogen (secondary N) is 2. The van der Waals surface area contributed by atoms with Crippen LogP contribution in [0.25, 0.3) is 11.0 Å². The summed E-state index contributed by atoms with van der Waals surface area (Å²) in [5, 5.41) is 0. The Labute approximate surface area is 98.0 Å². The maximum absolute atomic E-state index is 12.0. The molecular weight excluding hydrogens is 218 g/mol. The number of hydrogen-bond acceptors (Lipinski definition) is 3. The summed E-state index contributed by atoms with van der Waals surface area (Å²) >= 11 is 0. The summed E-state index contributed by atoms with van der Waals surface area (Å²) in [6.45, 7) is 2.36. The molecule has 0 aliphatic rings. The number of carbonyl (C=O) groups is 1. The molecule has 90 valence electrons. The molecule has 1 heterocycles. The van der Waals surface area contributed by atoms with Crippen LogP contribution in [0.3, 0.4) is 0 Å². The topological polar surface area (TPSA) is 91.7 Å². The van der Waals surface area contributed by atoms with E-state index in [2.05, 4.69) is 9.97 Å². The van der Waals surface area contributed by atoms with Crippen molar-refractivity contribution in [3.05, 3.63) is 34.2 Å². The van der Waals surface area contributed by atoms with Crippen LogP contribution in [0.4, 0.5) is 0 Å². The van der Waals surface area contributed by atoms with Crippen molar-refractivity contribution in [1.29, 1.82) is 0 Å². The standard InChI is InChI=1S/C12H15N3O2/c1-7(4-5-13)11(16)8-2-3-9-10(6-8)15-12(17)14-9/h2-3,6-7H,4-5,13H2,1H3,(H2,14,15,17). The van der Waals surface area contributed by atoms with Crippen LogP contribution in [0.5, 0.6) is 0 Å². The van der Waals surface area contributed by atoms with Crippen molar-refractivity contribution in [2.75, 3.05) is 6.54 Å². The maximum atomic E-state index is 12.0. The van der Waals surface area contributed by atoms with Gasteiger partial charge in [-0.1, -0.05) is 6.92 Å². The van der Waals surface area contributed by atoms with Crippen LogP contribution in [0.2, 0.25) is 0 Å². The third-order valence-electron chi connectivity index (χ3n) is 2.85. The number of fused-ring (bicyclic) bond motifs is 1.